The lowest BCUT2D eigenvalue weighted by Gasteiger charge is -2.29. The maximum absolute atomic E-state index is 13.6. The number of carbonyl (C=O) groups excluding carboxylic acids is 1. The van der Waals surface area contributed by atoms with E-state index in [9.17, 15) is 24.1 Å². The number of H-pyrrole nitrogens is 1. The van der Waals surface area contributed by atoms with Crippen LogP contribution in [0.4, 0.5) is 15.9 Å². The zero-order valence-corrected chi connectivity index (χ0v) is 20.5. The number of allylic oxidation sites excluding steroid dienone is 1. The lowest BCUT2D eigenvalue weighted by Crippen LogP contribution is -2.31. The second-order valence-electron chi connectivity index (χ2n) is 8.45. The Labute approximate surface area is 210 Å². The van der Waals surface area contributed by atoms with Crippen molar-refractivity contribution in [3.8, 4) is 0 Å². The van der Waals surface area contributed by atoms with Gasteiger partial charge in [0.1, 0.15) is 11.6 Å². The number of nitro groups is 1. The van der Waals surface area contributed by atoms with Gasteiger partial charge in [0.2, 0.25) is 0 Å². The molecule has 1 aromatic heterocycles. The van der Waals surface area contributed by atoms with Crippen molar-refractivity contribution in [2.45, 2.75) is 43.7 Å². The fourth-order valence-corrected chi connectivity index (χ4v) is 4.72. The largest absolute Gasteiger partial charge is 0.460 e. The lowest BCUT2D eigenvalue weighted by atomic mass is 9.82. The number of hydrogen-bond acceptors (Lipinski definition) is 8. The molecule has 1 unspecified atom stereocenters. The molecule has 0 fully saturated rings. The van der Waals surface area contributed by atoms with Gasteiger partial charge in [-0.25, -0.2) is 14.2 Å². The van der Waals surface area contributed by atoms with E-state index >= 15 is 0 Å². The highest BCUT2D eigenvalue weighted by molar-refractivity contribution is 7.98. The number of non-ortho nitro benzene ring substituents is 1. The number of hydrogen-bond donors (Lipinski definition) is 2. The minimum absolute atomic E-state index is 0.00541. The number of nitro benzene ring substituents is 1. The molecule has 0 bridgehead atoms. The number of aromatic nitrogens is 2. The van der Waals surface area contributed by atoms with Gasteiger partial charge in [-0.05, 0) is 44.0 Å². The molecule has 3 aromatic rings. The van der Waals surface area contributed by atoms with Crippen molar-refractivity contribution in [3.63, 3.8) is 0 Å². The molecule has 0 radical (unpaired) electrons. The summed E-state index contributed by atoms with van der Waals surface area (Å²) >= 11 is 1.26. The van der Waals surface area contributed by atoms with Crippen LogP contribution < -0.4 is 10.9 Å². The maximum atomic E-state index is 13.6. The molecular weight excluding hydrogens is 487 g/mol. The van der Waals surface area contributed by atoms with Gasteiger partial charge in [0.15, 0.2) is 5.16 Å². The Bertz CT molecular complexity index is 1400. The molecule has 11 heteroatoms. The summed E-state index contributed by atoms with van der Waals surface area (Å²) in [6, 6.07) is 11.7. The second-order valence-corrected chi connectivity index (χ2v) is 9.41. The van der Waals surface area contributed by atoms with Crippen LogP contribution in [0, 0.1) is 15.9 Å². The van der Waals surface area contributed by atoms with Crippen LogP contribution in [0.15, 0.2) is 69.8 Å². The highest BCUT2D eigenvalue weighted by atomic mass is 32.2. The second kappa shape index (κ2) is 10.3. The predicted octanol–water partition coefficient (Wildman–Crippen LogP) is 4.89. The number of nitrogens with zero attached hydrogens (tertiary/aromatic N) is 2. The van der Waals surface area contributed by atoms with Crippen LogP contribution in [0.3, 0.4) is 0 Å². The summed E-state index contributed by atoms with van der Waals surface area (Å²) in [6.07, 6.45) is -0.373. The number of rotatable bonds is 7. The van der Waals surface area contributed by atoms with Crippen molar-refractivity contribution in [1.29, 1.82) is 0 Å². The van der Waals surface area contributed by atoms with E-state index < -0.39 is 28.2 Å². The molecule has 1 aliphatic rings. The Morgan fingerprint density at radius 2 is 1.86 bits per heavy atom. The topological polar surface area (TPSA) is 127 Å². The Hall–Kier alpha value is -3.99. The molecule has 2 aromatic carbocycles. The summed E-state index contributed by atoms with van der Waals surface area (Å²) in [5, 5.41) is 14.2. The molecule has 4 rings (SSSR count). The van der Waals surface area contributed by atoms with E-state index in [1.165, 1.54) is 48.2 Å². The maximum Gasteiger partial charge on any atom is 0.337 e. The number of anilines is 1. The zero-order chi connectivity index (χ0) is 26.0. The Kier molecular flexibility index (Phi) is 7.20. The van der Waals surface area contributed by atoms with Crippen LogP contribution in [0.2, 0.25) is 0 Å². The molecule has 2 N–H and O–H groups in total. The third-order valence-electron chi connectivity index (χ3n) is 5.51. The molecule has 0 amide bonds. The molecule has 36 heavy (non-hydrogen) atoms. The number of aromatic amines is 1. The summed E-state index contributed by atoms with van der Waals surface area (Å²) in [5.41, 5.74) is 1.87. The summed E-state index contributed by atoms with van der Waals surface area (Å²) in [7, 11) is 0. The van der Waals surface area contributed by atoms with E-state index in [2.05, 4.69) is 15.3 Å². The molecule has 0 aliphatic carbocycles. The van der Waals surface area contributed by atoms with Gasteiger partial charge in [-0.2, -0.15) is 0 Å². The lowest BCUT2D eigenvalue weighted by molar-refractivity contribution is -0.384. The number of nitrogens with one attached hydrogen (secondary N) is 2. The first-order valence-electron chi connectivity index (χ1n) is 11.1. The van der Waals surface area contributed by atoms with Crippen LogP contribution >= 0.6 is 11.8 Å². The van der Waals surface area contributed by atoms with Crippen molar-refractivity contribution in [3.05, 3.63) is 103 Å². The highest BCUT2D eigenvalue weighted by Gasteiger charge is 2.36. The van der Waals surface area contributed by atoms with Gasteiger partial charge in [0.05, 0.1) is 28.1 Å². The average molecular weight is 511 g/mol. The number of thioether (sulfide) groups is 1. The van der Waals surface area contributed by atoms with E-state index in [0.29, 0.717) is 22.2 Å². The predicted molar refractivity (Wildman–Crippen MR) is 133 cm³/mol. The summed E-state index contributed by atoms with van der Waals surface area (Å²) < 4.78 is 19.1. The van der Waals surface area contributed by atoms with Crippen LogP contribution in [0.5, 0.6) is 0 Å². The van der Waals surface area contributed by atoms with E-state index in [4.69, 9.17) is 4.74 Å². The quantitative estimate of drug-likeness (QED) is 0.151. The number of ether oxygens (including phenoxy) is 1. The van der Waals surface area contributed by atoms with Gasteiger partial charge in [-0.15, -0.1) is 0 Å². The number of benzene rings is 2. The van der Waals surface area contributed by atoms with Crippen molar-refractivity contribution < 1.29 is 18.8 Å². The Balaban J connectivity index is 1.70. The molecule has 1 aliphatic heterocycles. The first-order valence-corrected chi connectivity index (χ1v) is 12.1. The molecule has 1 atom stereocenters. The smallest absolute Gasteiger partial charge is 0.337 e. The van der Waals surface area contributed by atoms with Gasteiger partial charge in [0, 0.05) is 23.6 Å². The molecule has 0 spiro atoms. The molecular formula is C25H23FN4O5S. The van der Waals surface area contributed by atoms with Gasteiger partial charge >= 0.3 is 5.97 Å². The van der Waals surface area contributed by atoms with Gasteiger partial charge in [-0.1, -0.05) is 36.0 Å². The van der Waals surface area contributed by atoms with Crippen LogP contribution in [-0.2, 0) is 15.3 Å². The standard InChI is InChI=1S/C25H23FN4O5S/c1-13(2)35-24(32)19-14(3)27-22-21(20(19)16-6-8-17(26)9-7-16)23(31)29-25(28-22)36-12-15-4-10-18(11-5-15)30(33)34/h4-11,13,20H,12H2,1-3H3,(H2,27,28,29,31). The minimum atomic E-state index is -0.807. The SMILES string of the molecule is CC1=C(C(=O)OC(C)C)C(c2ccc(F)cc2)c2c(nc(SCc3ccc([N+](=O)[O-])cc3)[nH]c2=O)N1. The fourth-order valence-electron chi connectivity index (χ4n) is 3.90. The first kappa shape index (κ1) is 25.1. The van der Waals surface area contributed by atoms with Crippen molar-refractivity contribution >= 4 is 29.2 Å². The summed E-state index contributed by atoms with van der Waals surface area (Å²) in [6.45, 7) is 5.16. The van der Waals surface area contributed by atoms with Crippen LogP contribution in [0.1, 0.15) is 43.4 Å². The van der Waals surface area contributed by atoms with E-state index in [1.54, 1.807) is 32.9 Å². The molecule has 0 saturated carbocycles. The van der Waals surface area contributed by atoms with Crippen molar-refractivity contribution in [2.75, 3.05) is 5.32 Å². The van der Waals surface area contributed by atoms with Crippen LogP contribution in [0.25, 0.3) is 0 Å². The molecule has 9 nitrogen and oxygen atoms in total. The zero-order valence-electron chi connectivity index (χ0n) is 19.7. The molecule has 2 heterocycles. The fraction of sp³-hybridized carbons (Fsp3) is 0.240. The highest BCUT2D eigenvalue weighted by Crippen LogP contribution is 2.40. The monoisotopic (exact) mass is 510 g/mol. The number of halogens is 1. The van der Waals surface area contributed by atoms with Crippen molar-refractivity contribution in [1.82, 2.24) is 9.97 Å². The van der Waals surface area contributed by atoms with Crippen LogP contribution in [-0.4, -0.2) is 27.0 Å². The van der Waals surface area contributed by atoms with E-state index in [1.807, 2.05) is 0 Å². The first-order chi connectivity index (χ1) is 17.1. The minimum Gasteiger partial charge on any atom is -0.460 e. The number of fused-ring (bicyclic) bond motifs is 1. The normalized spacial score (nSPS) is 14.9. The summed E-state index contributed by atoms with van der Waals surface area (Å²) in [5.74, 6) is -1.12. The van der Waals surface area contributed by atoms with Gasteiger partial charge in [-0.3, -0.25) is 14.9 Å². The number of carbonyl (C=O) groups is 1. The van der Waals surface area contributed by atoms with E-state index in [0.717, 1.165) is 5.56 Å². The van der Waals surface area contributed by atoms with E-state index in [-0.39, 0.29) is 28.7 Å². The molecule has 0 saturated heterocycles. The van der Waals surface area contributed by atoms with Gasteiger partial charge in [0.25, 0.3) is 11.2 Å². The third-order valence-corrected chi connectivity index (χ3v) is 6.45. The Morgan fingerprint density at radius 3 is 2.47 bits per heavy atom. The summed E-state index contributed by atoms with van der Waals surface area (Å²) in [4.78, 5) is 44.0. The number of esters is 1. The third kappa shape index (κ3) is 5.30. The van der Waals surface area contributed by atoms with Crippen molar-refractivity contribution in [2.24, 2.45) is 0 Å². The molecule has 186 valence electrons. The average Bonchev–Trinajstić information content (AvgIpc) is 2.82. The Morgan fingerprint density at radius 1 is 1.19 bits per heavy atom. The van der Waals surface area contributed by atoms with Gasteiger partial charge < -0.3 is 15.0 Å².